The Morgan fingerprint density at radius 1 is 1.16 bits per heavy atom. The number of ether oxygens (including phenoxy) is 1. The summed E-state index contributed by atoms with van der Waals surface area (Å²) in [5, 5.41) is 6.95. The van der Waals surface area contributed by atoms with E-state index in [9.17, 15) is 4.79 Å². The highest BCUT2D eigenvalue weighted by Crippen LogP contribution is 2.27. The first-order valence-electron chi connectivity index (χ1n) is 8.96. The van der Waals surface area contributed by atoms with Crippen LogP contribution in [0.25, 0.3) is 11.3 Å². The number of carbonyl (C=O) groups is 1. The molecule has 1 aliphatic heterocycles. The minimum Gasteiger partial charge on any atom is -0.378 e. The van der Waals surface area contributed by atoms with Gasteiger partial charge in [-0.15, -0.1) is 0 Å². The van der Waals surface area contributed by atoms with E-state index < -0.39 is 0 Å². The maximum Gasteiger partial charge on any atom is 0.244 e. The third-order valence-electron chi connectivity index (χ3n) is 5.15. The van der Waals surface area contributed by atoms with Crippen molar-refractivity contribution in [3.8, 4) is 11.3 Å². The molecule has 4 rings (SSSR count). The van der Waals surface area contributed by atoms with Crippen LogP contribution in [-0.4, -0.2) is 47.8 Å². The maximum absolute atomic E-state index is 12.8. The predicted molar refractivity (Wildman–Crippen MR) is 94.1 cm³/mol. The lowest BCUT2D eigenvalue weighted by Crippen LogP contribution is -2.55. The number of anilines is 1. The topological polar surface area (TPSA) is 67.6 Å². The first-order chi connectivity index (χ1) is 12.3. The molecule has 2 fully saturated rings. The van der Waals surface area contributed by atoms with Crippen LogP contribution in [0.15, 0.2) is 41.1 Å². The minimum atomic E-state index is -0.202. The van der Waals surface area contributed by atoms with E-state index in [1.54, 1.807) is 6.26 Å². The van der Waals surface area contributed by atoms with Crippen LogP contribution in [0.3, 0.4) is 0 Å². The van der Waals surface area contributed by atoms with Crippen molar-refractivity contribution in [3.63, 3.8) is 0 Å². The number of benzene rings is 1. The van der Waals surface area contributed by atoms with Gasteiger partial charge in [-0.05, 0) is 25.0 Å². The third-order valence-corrected chi connectivity index (χ3v) is 5.15. The Morgan fingerprint density at radius 3 is 2.68 bits per heavy atom. The van der Waals surface area contributed by atoms with Crippen LogP contribution in [-0.2, 0) is 9.53 Å². The second kappa shape index (κ2) is 7.37. The average Bonchev–Trinajstić information content (AvgIpc) is 3.36. The van der Waals surface area contributed by atoms with E-state index >= 15 is 0 Å². The number of nitrogens with zero attached hydrogens (tertiary/aromatic N) is 2. The zero-order valence-electron chi connectivity index (χ0n) is 14.2. The van der Waals surface area contributed by atoms with Crippen LogP contribution in [0, 0.1) is 0 Å². The minimum absolute atomic E-state index is 0.0146. The molecule has 1 unspecified atom stereocenters. The molecule has 132 valence electrons. The molecule has 0 bridgehead atoms. The van der Waals surface area contributed by atoms with E-state index in [2.05, 4.69) is 15.4 Å². The van der Waals surface area contributed by atoms with Gasteiger partial charge < -0.3 is 14.6 Å². The number of hydrogen-bond donors (Lipinski definition) is 1. The van der Waals surface area contributed by atoms with Crippen molar-refractivity contribution >= 4 is 11.6 Å². The first-order valence-corrected chi connectivity index (χ1v) is 8.96. The van der Waals surface area contributed by atoms with Crippen molar-refractivity contribution in [2.45, 2.75) is 37.8 Å². The molecule has 1 saturated heterocycles. The Bertz CT molecular complexity index is 693. The number of carbonyl (C=O) groups excluding carboxylic acids is 1. The first kappa shape index (κ1) is 16.3. The van der Waals surface area contributed by atoms with Gasteiger partial charge in [-0.3, -0.25) is 9.69 Å². The number of aromatic nitrogens is 1. The van der Waals surface area contributed by atoms with Gasteiger partial charge in [0, 0.05) is 29.9 Å². The number of nitrogens with one attached hydrogen (secondary N) is 1. The van der Waals surface area contributed by atoms with Crippen LogP contribution >= 0.6 is 0 Å². The van der Waals surface area contributed by atoms with Crippen molar-refractivity contribution in [2.24, 2.45) is 0 Å². The summed E-state index contributed by atoms with van der Waals surface area (Å²) in [5.41, 5.74) is 2.53. The van der Waals surface area contributed by atoms with Crippen LogP contribution < -0.4 is 5.32 Å². The lowest BCUT2D eigenvalue weighted by Gasteiger charge is -2.38. The summed E-state index contributed by atoms with van der Waals surface area (Å²) < 4.78 is 10.4. The molecule has 1 saturated carbocycles. The molecule has 2 aliphatic rings. The highest BCUT2D eigenvalue weighted by molar-refractivity contribution is 5.95. The van der Waals surface area contributed by atoms with Crippen LogP contribution in [0.4, 0.5) is 5.69 Å². The summed E-state index contributed by atoms with van der Waals surface area (Å²) in [7, 11) is 0. The van der Waals surface area contributed by atoms with E-state index in [-0.39, 0.29) is 11.9 Å². The fourth-order valence-corrected chi connectivity index (χ4v) is 3.83. The van der Waals surface area contributed by atoms with Crippen molar-refractivity contribution in [1.29, 1.82) is 0 Å². The summed E-state index contributed by atoms with van der Waals surface area (Å²) in [5.74, 6) is 0.0146. The van der Waals surface area contributed by atoms with Gasteiger partial charge in [0.15, 0.2) is 0 Å². The van der Waals surface area contributed by atoms with Gasteiger partial charge in [0.25, 0.3) is 0 Å². The highest BCUT2D eigenvalue weighted by atomic mass is 16.5. The Balaban J connectivity index is 1.43. The molecule has 1 atom stereocenters. The van der Waals surface area contributed by atoms with Gasteiger partial charge in [-0.1, -0.05) is 30.1 Å². The van der Waals surface area contributed by atoms with Gasteiger partial charge in [-0.25, -0.2) is 0 Å². The van der Waals surface area contributed by atoms with Crippen molar-refractivity contribution < 1.29 is 14.1 Å². The summed E-state index contributed by atoms with van der Waals surface area (Å²) in [6.45, 7) is 2.03. The number of rotatable bonds is 4. The lowest BCUT2D eigenvalue weighted by molar-refractivity contribution is -0.129. The zero-order chi connectivity index (χ0) is 17.1. The Labute approximate surface area is 147 Å². The Kier molecular flexibility index (Phi) is 4.81. The molecule has 1 amide bonds. The molecule has 0 spiro atoms. The van der Waals surface area contributed by atoms with Gasteiger partial charge in [0.05, 0.1) is 13.2 Å². The predicted octanol–water partition coefficient (Wildman–Crippen LogP) is 2.92. The molecule has 6 heteroatoms. The van der Waals surface area contributed by atoms with Crippen molar-refractivity contribution in [3.05, 3.63) is 36.6 Å². The maximum atomic E-state index is 12.8. The molecule has 6 nitrogen and oxygen atoms in total. The van der Waals surface area contributed by atoms with Gasteiger partial charge >= 0.3 is 0 Å². The number of hydrogen-bond acceptors (Lipinski definition) is 5. The Hall–Kier alpha value is -2.18. The average molecular weight is 341 g/mol. The van der Waals surface area contributed by atoms with Gasteiger partial charge in [0.2, 0.25) is 5.91 Å². The monoisotopic (exact) mass is 341 g/mol. The quantitative estimate of drug-likeness (QED) is 0.926. The van der Waals surface area contributed by atoms with E-state index in [0.717, 1.165) is 23.5 Å². The van der Waals surface area contributed by atoms with E-state index in [4.69, 9.17) is 9.26 Å². The summed E-state index contributed by atoms with van der Waals surface area (Å²) in [6.07, 6.45) is 6.46. The second-order valence-electron chi connectivity index (χ2n) is 6.72. The molecule has 1 N–H and O–H groups in total. The lowest BCUT2D eigenvalue weighted by atomic mass is 10.1. The molecule has 1 aliphatic carbocycles. The standard InChI is InChI=1S/C19H23N3O3/c23-19(18-13-24-12-10-22(18)16-3-1-2-4-16)20-15-7-5-14(6-8-15)17-9-11-25-21-17/h5-9,11,16,18H,1-4,10,12-13H2,(H,20,23). The second-order valence-corrected chi connectivity index (χ2v) is 6.72. The van der Waals surface area contributed by atoms with Crippen LogP contribution in [0.1, 0.15) is 25.7 Å². The summed E-state index contributed by atoms with van der Waals surface area (Å²) in [6, 6.07) is 9.78. The summed E-state index contributed by atoms with van der Waals surface area (Å²) >= 11 is 0. The Morgan fingerprint density at radius 2 is 1.96 bits per heavy atom. The SMILES string of the molecule is O=C(Nc1ccc(-c2ccon2)cc1)C1COCCN1C1CCCC1. The molecule has 2 heterocycles. The van der Waals surface area contributed by atoms with Crippen molar-refractivity contribution in [1.82, 2.24) is 10.1 Å². The normalized spacial score (nSPS) is 22.2. The number of morpholine rings is 1. The highest BCUT2D eigenvalue weighted by Gasteiger charge is 2.35. The number of amides is 1. The molecule has 1 aromatic carbocycles. The molecular weight excluding hydrogens is 318 g/mol. The van der Waals surface area contributed by atoms with E-state index in [1.807, 2.05) is 30.3 Å². The van der Waals surface area contributed by atoms with Gasteiger partial charge in [-0.2, -0.15) is 0 Å². The third kappa shape index (κ3) is 3.60. The smallest absolute Gasteiger partial charge is 0.244 e. The molecule has 0 radical (unpaired) electrons. The largest absolute Gasteiger partial charge is 0.378 e. The van der Waals surface area contributed by atoms with Gasteiger partial charge in [0.1, 0.15) is 18.0 Å². The fourth-order valence-electron chi connectivity index (χ4n) is 3.83. The molecule has 1 aromatic heterocycles. The zero-order valence-corrected chi connectivity index (χ0v) is 14.2. The molecular formula is C19H23N3O3. The molecule has 25 heavy (non-hydrogen) atoms. The summed E-state index contributed by atoms with van der Waals surface area (Å²) in [4.78, 5) is 15.1. The van der Waals surface area contributed by atoms with Crippen molar-refractivity contribution in [2.75, 3.05) is 25.1 Å². The fraction of sp³-hybridized carbons (Fsp3) is 0.474. The van der Waals surface area contributed by atoms with Crippen LogP contribution in [0.2, 0.25) is 0 Å². The van der Waals surface area contributed by atoms with E-state index in [1.165, 1.54) is 25.7 Å². The van der Waals surface area contributed by atoms with Crippen LogP contribution in [0.5, 0.6) is 0 Å². The van der Waals surface area contributed by atoms with E-state index in [0.29, 0.717) is 19.3 Å². The molecule has 2 aromatic rings.